The third kappa shape index (κ3) is 2.36. The molecule has 0 fully saturated rings. The number of imide groups is 1. The van der Waals surface area contributed by atoms with E-state index in [9.17, 15) is 14.0 Å². The maximum absolute atomic E-state index is 13.4. The molecule has 1 heterocycles. The molecule has 0 atom stereocenters. The van der Waals surface area contributed by atoms with E-state index < -0.39 is 5.82 Å². The minimum Gasteiger partial charge on any atom is -0.275 e. The molecule has 0 saturated carbocycles. The second kappa shape index (κ2) is 4.67. The standard InChI is InChI=1S/C12H9ClFNO2/c13-9-2-1-3-10(14)8(9)6-7-15-11(16)4-5-12(15)17/h1-5H,6-7H2. The van der Waals surface area contributed by atoms with E-state index in [4.69, 9.17) is 11.6 Å². The summed E-state index contributed by atoms with van der Waals surface area (Å²) in [4.78, 5) is 23.6. The fourth-order valence-corrected chi connectivity index (χ4v) is 1.90. The van der Waals surface area contributed by atoms with Gasteiger partial charge in [-0.25, -0.2) is 4.39 Å². The lowest BCUT2D eigenvalue weighted by atomic mass is 10.1. The molecule has 0 N–H and O–H groups in total. The topological polar surface area (TPSA) is 37.4 Å². The number of hydrogen-bond acceptors (Lipinski definition) is 2. The Morgan fingerprint density at radius 1 is 1.18 bits per heavy atom. The summed E-state index contributed by atoms with van der Waals surface area (Å²) in [7, 11) is 0. The molecule has 0 aliphatic carbocycles. The van der Waals surface area contributed by atoms with Crippen molar-refractivity contribution in [2.45, 2.75) is 6.42 Å². The smallest absolute Gasteiger partial charge is 0.253 e. The summed E-state index contributed by atoms with van der Waals surface area (Å²) >= 11 is 5.84. The third-order valence-electron chi connectivity index (χ3n) is 2.55. The molecule has 0 aromatic heterocycles. The van der Waals surface area contributed by atoms with Crippen LogP contribution in [0.1, 0.15) is 5.56 Å². The van der Waals surface area contributed by atoms with Gasteiger partial charge in [-0.3, -0.25) is 14.5 Å². The van der Waals surface area contributed by atoms with Crippen LogP contribution >= 0.6 is 11.6 Å². The molecular weight excluding hydrogens is 245 g/mol. The highest BCUT2D eigenvalue weighted by Gasteiger charge is 2.23. The van der Waals surface area contributed by atoms with Crippen molar-refractivity contribution in [1.82, 2.24) is 4.90 Å². The van der Waals surface area contributed by atoms with Crippen molar-refractivity contribution in [3.05, 3.63) is 46.8 Å². The molecule has 3 nitrogen and oxygen atoms in total. The van der Waals surface area contributed by atoms with Crippen LogP contribution in [0.4, 0.5) is 4.39 Å². The van der Waals surface area contributed by atoms with Crippen molar-refractivity contribution >= 4 is 23.4 Å². The fourth-order valence-electron chi connectivity index (χ4n) is 1.65. The molecule has 0 unspecified atom stereocenters. The van der Waals surface area contributed by atoms with Crippen LogP contribution in [0.2, 0.25) is 5.02 Å². The quantitative estimate of drug-likeness (QED) is 0.772. The van der Waals surface area contributed by atoms with Gasteiger partial charge >= 0.3 is 0 Å². The molecule has 0 radical (unpaired) electrons. The van der Waals surface area contributed by atoms with Crippen molar-refractivity contribution in [3.8, 4) is 0 Å². The first-order valence-corrected chi connectivity index (χ1v) is 5.44. The Kier molecular flexibility index (Phi) is 3.24. The zero-order valence-corrected chi connectivity index (χ0v) is 9.58. The van der Waals surface area contributed by atoms with E-state index >= 15 is 0 Å². The monoisotopic (exact) mass is 253 g/mol. The average molecular weight is 254 g/mol. The first kappa shape index (κ1) is 11.8. The minimum atomic E-state index is -0.426. The van der Waals surface area contributed by atoms with E-state index in [1.54, 1.807) is 6.07 Å². The van der Waals surface area contributed by atoms with E-state index in [1.807, 2.05) is 0 Å². The maximum Gasteiger partial charge on any atom is 0.253 e. The molecule has 5 heteroatoms. The van der Waals surface area contributed by atoms with Gasteiger partial charge in [0.1, 0.15) is 5.82 Å². The largest absolute Gasteiger partial charge is 0.275 e. The highest BCUT2D eigenvalue weighted by molar-refractivity contribution is 6.31. The van der Waals surface area contributed by atoms with Crippen LogP contribution in [0.3, 0.4) is 0 Å². The van der Waals surface area contributed by atoms with Crippen molar-refractivity contribution in [3.63, 3.8) is 0 Å². The van der Waals surface area contributed by atoms with E-state index in [0.29, 0.717) is 10.6 Å². The number of rotatable bonds is 3. The summed E-state index contributed by atoms with van der Waals surface area (Å²) in [5.74, 6) is -1.17. The van der Waals surface area contributed by atoms with Crippen LogP contribution in [0, 0.1) is 5.82 Å². The van der Waals surface area contributed by atoms with E-state index in [-0.39, 0.29) is 24.8 Å². The Hall–Kier alpha value is -1.68. The van der Waals surface area contributed by atoms with Gasteiger partial charge in [0, 0.05) is 29.3 Å². The Balaban J connectivity index is 2.08. The summed E-state index contributed by atoms with van der Waals surface area (Å²) in [5.41, 5.74) is 0.321. The summed E-state index contributed by atoms with van der Waals surface area (Å²) in [5, 5.41) is 0.303. The Morgan fingerprint density at radius 2 is 1.82 bits per heavy atom. The summed E-state index contributed by atoms with van der Waals surface area (Å²) in [6, 6.07) is 4.38. The number of amides is 2. The molecule has 2 amide bonds. The summed E-state index contributed by atoms with van der Waals surface area (Å²) < 4.78 is 13.4. The van der Waals surface area contributed by atoms with Gasteiger partial charge in [0.2, 0.25) is 0 Å². The normalized spacial score (nSPS) is 14.8. The lowest BCUT2D eigenvalue weighted by molar-refractivity contribution is -0.136. The number of carbonyl (C=O) groups is 2. The van der Waals surface area contributed by atoms with Crippen molar-refractivity contribution in [2.24, 2.45) is 0 Å². The average Bonchev–Trinajstić information content (AvgIpc) is 2.59. The Morgan fingerprint density at radius 3 is 2.41 bits per heavy atom. The number of carbonyl (C=O) groups excluding carboxylic acids is 2. The van der Waals surface area contributed by atoms with Crippen LogP contribution in [-0.4, -0.2) is 23.3 Å². The molecular formula is C12H9ClFNO2. The van der Waals surface area contributed by atoms with Gasteiger partial charge in [-0.05, 0) is 18.6 Å². The molecule has 1 aliphatic heterocycles. The highest BCUT2D eigenvalue weighted by atomic mass is 35.5. The summed E-state index contributed by atoms with van der Waals surface area (Å²) in [6.45, 7) is 0.130. The van der Waals surface area contributed by atoms with E-state index in [2.05, 4.69) is 0 Å². The molecule has 2 rings (SSSR count). The minimum absolute atomic E-state index is 0.130. The van der Waals surface area contributed by atoms with Gasteiger partial charge in [-0.2, -0.15) is 0 Å². The van der Waals surface area contributed by atoms with Crippen molar-refractivity contribution < 1.29 is 14.0 Å². The zero-order chi connectivity index (χ0) is 12.4. The lowest BCUT2D eigenvalue weighted by Crippen LogP contribution is -2.32. The van der Waals surface area contributed by atoms with Gasteiger partial charge in [0.15, 0.2) is 0 Å². The van der Waals surface area contributed by atoms with Crippen LogP contribution in [0.25, 0.3) is 0 Å². The van der Waals surface area contributed by atoms with Gasteiger partial charge in [-0.1, -0.05) is 17.7 Å². The fraction of sp³-hybridized carbons (Fsp3) is 0.167. The first-order valence-electron chi connectivity index (χ1n) is 5.06. The molecule has 1 aromatic rings. The Labute approximate surface area is 102 Å². The third-order valence-corrected chi connectivity index (χ3v) is 2.90. The van der Waals surface area contributed by atoms with Crippen molar-refractivity contribution in [2.75, 3.05) is 6.54 Å². The lowest BCUT2D eigenvalue weighted by Gasteiger charge is -2.14. The van der Waals surface area contributed by atoms with E-state index in [1.165, 1.54) is 24.3 Å². The predicted molar refractivity (Wildman–Crippen MR) is 61.0 cm³/mol. The van der Waals surface area contributed by atoms with Crippen LogP contribution in [0.5, 0.6) is 0 Å². The molecule has 0 saturated heterocycles. The number of halogens is 2. The van der Waals surface area contributed by atoms with Gasteiger partial charge in [0.25, 0.3) is 11.8 Å². The van der Waals surface area contributed by atoms with E-state index in [0.717, 1.165) is 4.90 Å². The summed E-state index contributed by atoms with van der Waals surface area (Å²) in [6.07, 6.45) is 2.61. The molecule has 17 heavy (non-hydrogen) atoms. The molecule has 0 bridgehead atoms. The van der Waals surface area contributed by atoms with Crippen LogP contribution in [-0.2, 0) is 16.0 Å². The zero-order valence-electron chi connectivity index (χ0n) is 8.82. The highest BCUT2D eigenvalue weighted by Crippen LogP contribution is 2.20. The van der Waals surface area contributed by atoms with Gasteiger partial charge in [0.05, 0.1) is 0 Å². The van der Waals surface area contributed by atoms with Crippen molar-refractivity contribution in [1.29, 1.82) is 0 Å². The van der Waals surface area contributed by atoms with Crippen LogP contribution in [0.15, 0.2) is 30.4 Å². The van der Waals surface area contributed by atoms with Gasteiger partial charge < -0.3 is 0 Å². The van der Waals surface area contributed by atoms with Crippen LogP contribution < -0.4 is 0 Å². The number of nitrogens with zero attached hydrogens (tertiary/aromatic N) is 1. The maximum atomic E-state index is 13.4. The number of hydrogen-bond donors (Lipinski definition) is 0. The second-order valence-electron chi connectivity index (χ2n) is 3.61. The second-order valence-corrected chi connectivity index (χ2v) is 4.02. The molecule has 1 aliphatic rings. The molecule has 1 aromatic carbocycles. The SMILES string of the molecule is O=C1C=CC(=O)N1CCc1c(F)cccc1Cl. The molecule has 0 spiro atoms. The molecule has 88 valence electrons. The first-order chi connectivity index (χ1) is 8.09. The number of benzene rings is 1. The predicted octanol–water partition coefficient (Wildman–Crippen LogP) is 1.95. The van der Waals surface area contributed by atoms with Gasteiger partial charge in [-0.15, -0.1) is 0 Å². The Bertz CT molecular complexity index is 475.